The summed E-state index contributed by atoms with van der Waals surface area (Å²) in [6, 6.07) is 4.15. The number of aromatic nitrogens is 1. The van der Waals surface area contributed by atoms with E-state index in [-0.39, 0.29) is 10.6 Å². The van der Waals surface area contributed by atoms with Crippen molar-refractivity contribution in [2.75, 3.05) is 25.0 Å². The molecule has 1 fully saturated rings. The molecule has 0 aliphatic carbocycles. The minimum Gasteiger partial charge on any atom is -0.364 e. The van der Waals surface area contributed by atoms with Gasteiger partial charge in [0.2, 0.25) is 10.0 Å². The summed E-state index contributed by atoms with van der Waals surface area (Å²) in [6.45, 7) is 3.28. The molecule has 2 aromatic rings. The van der Waals surface area contributed by atoms with Crippen molar-refractivity contribution < 1.29 is 13.3 Å². The van der Waals surface area contributed by atoms with Crippen LogP contribution in [-0.4, -0.2) is 42.8 Å². The number of thiazole rings is 1. The number of hydrogen-bond acceptors (Lipinski definition) is 7. The summed E-state index contributed by atoms with van der Waals surface area (Å²) < 4.78 is 27.1. The van der Waals surface area contributed by atoms with Crippen molar-refractivity contribution in [3.05, 3.63) is 44.4 Å². The number of hydrogen-bond donors (Lipinski definition) is 0. The number of piperidine rings is 1. The number of rotatable bonds is 6. The number of nitro benzene ring substituents is 1. The summed E-state index contributed by atoms with van der Waals surface area (Å²) in [5, 5.41) is 12.5. The Morgan fingerprint density at radius 3 is 2.59 bits per heavy atom. The molecule has 0 unspecified atom stereocenters. The predicted molar refractivity (Wildman–Crippen MR) is 105 cm³/mol. The van der Waals surface area contributed by atoms with Crippen molar-refractivity contribution in [1.82, 2.24) is 9.29 Å². The van der Waals surface area contributed by atoms with Gasteiger partial charge in [-0.1, -0.05) is 6.42 Å². The number of anilines is 1. The van der Waals surface area contributed by atoms with Crippen LogP contribution in [0.4, 0.5) is 11.4 Å². The van der Waals surface area contributed by atoms with Gasteiger partial charge in [-0.05, 0) is 31.9 Å². The van der Waals surface area contributed by atoms with Gasteiger partial charge in [0.15, 0.2) is 0 Å². The second-order valence-electron chi connectivity index (χ2n) is 6.57. The highest BCUT2D eigenvalue weighted by Crippen LogP contribution is 2.33. The Morgan fingerprint density at radius 1 is 1.30 bits per heavy atom. The van der Waals surface area contributed by atoms with E-state index < -0.39 is 14.9 Å². The van der Waals surface area contributed by atoms with Crippen LogP contribution in [0.3, 0.4) is 0 Å². The third-order valence-electron chi connectivity index (χ3n) is 4.57. The maximum absolute atomic E-state index is 12.8. The standard InChI is InChI=1S/C17H22N4O4S2/c1-13-18-11-14(26-13)12-19(2)16-7-6-15(10-17(16)21(22)23)27(24,25)20-8-4-3-5-9-20/h6-7,10-11H,3-5,8-9,12H2,1-2H3. The lowest BCUT2D eigenvalue weighted by atomic mass is 10.2. The highest BCUT2D eigenvalue weighted by Gasteiger charge is 2.29. The van der Waals surface area contributed by atoms with Crippen molar-refractivity contribution >= 4 is 32.7 Å². The molecule has 1 saturated heterocycles. The molecular formula is C17H22N4O4S2. The summed E-state index contributed by atoms with van der Waals surface area (Å²) >= 11 is 1.53. The van der Waals surface area contributed by atoms with Gasteiger partial charge in [-0.25, -0.2) is 13.4 Å². The Hall–Kier alpha value is -2.04. The van der Waals surface area contributed by atoms with Crippen molar-refractivity contribution in [3.8, 4) is 0 Å². The van der Waals surface area contributed by atoms with Gasteiger partial charge in [0.25, 0.3) is 5.69 Å². The van der Waals surface area contributed by atoms with Crippen LogP contribution in [0.5, 0.6) is 0 Å². The van der Waals surface area contributed by atoms with E-state index in [0.717, 1.165) is 29.1 Å². The van der Waals surface area contributed by atoms with Gasteiger partial charge in [0.05, 0.1) is 21.4 Å². The average molecular weight is 411 g/mol. The molecule has 2 heterocycles. The number of aryl methyl sites for hydroxylation is 1. The van der Waals surface area contributed by atoms with E-state index in [0.29, 0.717) is 25.3 Å². The fraction of sp³-hybridized carbons (Fsp3) is 0.471. The molecule has 0 atom stereocenters. The van der Waals surface area contributed by atoms with Crippen LogP contribution in [0, 0.1) is 17.0 Å². The maximum Gasteiger partial charge on any atom is 0.293 e. The summed E-state index contributed by atoms with van der Waals surface area (Å²) in [5.74, 6) is 0. The van der Waals surface area contributed by atoms with E-state index in [1.807, 2.05) is 6.92 Å². The Bertz CT molecular complexity index is 936. The second kappa shape index (κ2) is 7.91. The molecule has 1 aromatic heterocycles. The van der Waals surface area contributed by atoms with Crippen LogP contribution >= 0.6 is 11.3 Å². The summed E-state index contributed by atoms with van der Waals surface area (Å²) in [7, 11) is -1.97. The Balaban J connectivity index is 1.91. The third-order valence-corrected chi connectivity index (χ3v) is 7.36. The Morgan fingerprint density at radius 2 is 2.00 bits per heavy atom. The molecule has 0 amide bonds. The molecule has 27 heavy (non-hydrogen) atoms. The number of nitrogens with zero attached hydrogens (tertiary/aromatic N) is 4. The molecule has 0 spiro atoms. The molecule has 1 aliphatic heterocycles. The first kappa shape index (κ1) is 19.7. The van der Waals surface area contributed by atoms with Gasteiger partial charge in [-0.3, -0.25) is 10.1 Å². The van der Waals surface area contributed by atoms with Crippen LogP contribution in [-0.2, 0) is 16.6 Å². The molecule has 0 saturated carbocycles. The van der Waals surface area contributed by atoms with E-state index in [2.05, 4.69) is 4.98 Å². The van der Waals surface area contributed by atoms with Crippen molar-refractivity contribution in [3.63, 3.8) is 0 Å². The number of benzene rings is 1. The lowest BCUT2D eigenvalue weighted by Gasteiger charge is -2.26. The molecule has 1 aromatic carbocycles. The van der Waals surface area contributed by atoms with Crippen LogP contribution in [0.25, 0.3) is 0 Å². The first-order valence-corrected chi connectivity index (χ1v) is 11.0. The average Bonchev–Trinajstić information content (AvgIpc) is 3.06. The molecule has 0 N–H and O–H groups in total. The SMILES string of the molecule is Cc1ncc(CN(C)c2ccc(S(=O)(=O)N3CCCCC3)cc2[N+](=O)[O-])s1. The predicted octanol–water partition coefficient (Wildman–Crippen LogP) is 3.17. The van der Waals surface area contributed by atoms with Crippen molar-refractivity contribution in [1.29, 1.82) is 0 Å². The van der Waals surface area contributed by atoms with E-state index in [9.17, 15) is 18.5 Å². The molecule has 0 radical (unpaired) electrons. The molecule has 3 rings (SSSR count). The summed E-state index contributed by atoms with van der Waals surface area (Å²) in [6.07, 6.45) is 4.39. The van der Waals surface area contributed by atoms with Gasteiger partial charge in [0.1, 0.15) is 5.69 Å². The van der Waals surface area contributed by atoms with Crippen LogP contribution in [0.2, 0.25) is 0 Å². The highest BCUT2D eigenvalue weighted by molar-refractivity contribution is 7.89. The summed E-state index contributed by atoms with van der Waals surface area (Å²) in [5.41, 5.74) is 0.167. The van der Waals surface area contributed by atoms with Crippen LogP contribution in [0.15, 0.2) is 29.3 Å². The van der Waals surface area contributed by atoms with Gasteiger partial charge in [-0.15, -0.1) is 11.3 Å². The smallest absolute Gasteiger partial charge is 0.293 e. The Labute approximate surface area is 162 Å². The zero-order valence-corrected chi connectivity index (χ0v) is 16.9. The van der Waals surface area contributed by atoms with Crippen molar-refractivity contribution in [2.24, 2.45) is 0 Å². The fourth-order valence-corrected chi connectivity index (χ4v) is 5.57. The highest BCUT2D eigenvalue weighted by atomic mass is 32.2. The molecule has 146 valence electrons. The maximum atomic E-state index is 12.8. The van der Waals surface area contributed by atoms with E-state index in [1.165, 1.54) is 33.8 Å². The minimum atomic E-state index is -3.71. The lowest BCUT2D eigenvalue weighted by Crippen LogP contribution is -2.35. The van der Waals surface area contributed by atoms with E-state index in [4.69, 9.17) is 0 Å². The Kier molecular flexibility index (Phi) is 5.78. The fourth-order valence-electron chi connectivity index (χ4n) is 3.18. The quantitative estimate of drug-likeness (QED) is 0.536. The summed E-state index contributed by atoms with van der Waals surface area (Å²) in [4.78, 5) is 18.0. The normalized spacial score (nSPS) is 15.6. The molecule has 10 heteroatoms. The molecule has 0 bridgehead atoms. The molecule has 8 nitrogen and oxygen atoms in total. The van der Waals surface area contributed by atoms with Gasteiger partial charge >= 0.3 is 0 Å². The van der Waals surface area contributed by atoms with E-state index >= 15 is 0 Å². The lowest BCUT2D eigenvalue weighted by molar-refractivity contribution is -0.384. The third kappa shape index (κ3) is 4.28. The van der Waals surface area contributed by atoms with Gasteiger partial charge < -0.3 is 4.90 Å². The largest absolute Gasteiger partial charge is 0.364 e. The van der Waals surface area contributed by atoms with Gasteiger partial charge in [-0.2, -0.15) is 4.31 Å². The first-order valence-electron chi connectivity index (χ1n) is 8.70. The number of sulfonamides is 1. The van der Waals surface area contributed by atoms with Gasteiger partial charge in [0, 0.05) is 37.3 Å². The molecule has 1 aliphatic rings. The molecular weight excluding hydrogens is 388 g/mol. The zero-order chi connectivity index (χ0) is 19.6. The van der Waals surface area contributed by atoms with Crippen LogP contribution in [0.1, 0.15) is 29.1 Å². The zero-order valence-electron chi connectivity index (χ0n) is 15.3. The van der Waals surface area contributed by atoms with Crippen LogP contribution < -0.4 is 4.90 Å². The van der Waals surface area contributed by atoms with Crippen molar-refractivity contribution in [2.45, 2.75) is 37.6 Å². The monoisotopic (exact) mass is 410 g/mol. The first-order chi connectivity index (χ1) is 12.8. The minimum absolute atomic E-state index is 0.0260. The van der Waals surface area contributed by atoms with E-state index in [1.54, 1.807) is 18.1 Å². The second-order valence-corrected chi connectivity index (χ2v) is 9.83. The topological polar surface area (TPSA) is 96.7 Å². The number of nitro groups is 1.